The van der Waals surface area contributed by atoms with Crippen LogP contribution in [0.25, 0.3) is 0 Å². The molecule has 2 aliphatic rings. The van der Waals surface area contributed by atoms with Crippen molar-refractivity contribution in [3.8, 4) is 11.5 Å². The Bertz CT molecular complexity index is 994. The van der Waals surface area contributed by atoms with Crippen LogP contribution in [0.2, 0.25) is 5.02 Å². The van der Waals surface area contributed by atoms with Crippen molar-refractivity contribution in [1.29, 1.82) is 0 Å². The van der Waals surface area contributed by atoms with Gasteiger partial charge in [0.2, 0.25) is 5.91 Å². The zero-order valence-electron chi connectivity index (χ0n) is 18.5. The highest BCUT2D eigenvalue weighted by Gasteiger charge is 2.42. The molecule has 2 unspecified atom stereocenters. The lowest BCUT2D eigenvalue weighted by Gasteiger charge is -2.49. The van der Waals surface area contributed by atoms with Crippen molar-refractivity contribution in [3.63, 3.8) is 0 Å². The van der Waals surface area contributed by atoms with E-state index in [1.807, 2.05) is 18.2 Å². The zero-order chi connectivity index (χ0) is 22.3. The van der Waals surface area contributed by atoms with E-state index in [-0.39, 0.29) is 24.5 Å². The van der Waals surface area contributed by atoms with Gasteiger partial charge in [0.15, 0.2) is 0 Å². The molecule has 0 aliphatic carbocycles. The van der Waals surface area contributed by atoms with E-state index >= 15 is 0 Å². The number of methoxy groups -OCH3 is 1. The molecular formula is C24H30ClN3O3. The highest BCUT2D eigenvalue weighted by atomic mass is 35.5. The summed E-state index contributed by atoms with van der Waals surface area (Å²) in [5.74, 6) is 1.69. The lowest BCUT2D eigenvalue weighted by molar-refractivity contribution is -0.121. The molecule has 1 saturated heterocycles. The Kier molecular flexibility index (Phi) is 6.15. The highest BCUT2D eigenvalue weighted by Crippen LogP contribution is 2.47. The average molecular weight is 444 g/mol. The molecule has 6 nitrogen and oxygen atoms in total. The Balaban J connectivity index is 1.79. The van der Waals surface area contributed by atoms with Crippen molar-refractivity contribution in [2.45, 2.75) is 38.8 Å². The summed E-state index contributed by atoms with van der Waals surface area (Å²) in [6, 6.07) is 9.94. The fraction of sp³-hybridized carbons (Fsp3) is 0.458. The second-order valence-electron chi connectivity index (χ2n) is 8.70. The molecule has 2 heterocycles. The van der Waals surface area contributed by atoms with Crippen LogP contribution in [0.1, 0.15) is 54.1 Å². The number of carbonyl (C=O) groups is 1. The van der Waals surface area contributed by atoms with Gasteiger partial charge in [-0.2, -0.15) is 0 Å². The molecule has 2 atom stereocenters. The minimum atomic E-state index is -0.356. The number of aryl methyl sites for hydroxylation is 1. The van der Waals surface area contributed by atoms with Gasteiger partial charge in [-0.3, -0.25) is 14.6 Å². The van der Waals surface area contributed by atoms with E-state index in [1.54, 1.807) is 7.11 Å². The smallest absolute Gasteiger partial charge is 0.231 e. The largest absolute Gasteiger partial charge is 0.496 e. The first kappa shape index (κ1) is 21.9. The molecule has 1 fully saturated rings. The number of fused-ring (bicyclic) bond motifs is 3. The van der Waals surface area contributed by atoms with Crippen molar-refractivity contribution < 1.29 is 14.3 Å². The summed E-state index contributed by atoms with van der Waals surface area (Å²) in [6.45, 7) is 8.44. The Labute approximate surface area is 188 Å². The fourth-order valence-electron chi connectivity index (χ4n) is 4.92. The van der Waals surface area contributed by atoms with Gasteiger partial charge in [0.25, 0.3) is 0 Å². The maximum absolute atomic E-state index is 12.0. The molecule has 2 N–H and O–H groups in total. The predicted octanol–water partition coefficient (Wildman–Crippen LogP) is 4.02. The highest BCUT2D eigenvalue weighted by molar-refractivity contribution is 6.31. The van der Waals surface area contributed by atoms with Crippen LogP contribution in [-0.2, 0) is 4.79 Å². The molecule has 2 aliphatic heterocycles. The number of hydrogen-bond donors (Lipinski definition) is 1. The van der Waals surface area contributed by atoms with Gasteiger partial charge in [0.1, 0.15) is 18.2 Å². The monoisotopic (exact) mass is 443 g/mol. The average Bonchev–Trinajstić information content (AvgIpc) is 2.72. The number of piperazine rings is 1. The van der Waals surface area contributed by atoms with Crippen molar-refractivity contribution in [2.75, 3.05) is 33.5 Å². The summed E-state index contributed by atoms with van der Waals surface area (Å²) >= 11 is 6.61. The number of amides is 1. The van der Waals surface area contributed by atoms with E-state index in [0.29, 0.717) is 36.5 Å². The van der Waals surface area contributed by atoms with Crippen LogP contribution in [0.3, 0.4) is 0 Å². The summed E-state index contributed by atoms with van der Waals surface area (Å²) in [7, 11) is 1.64. The van der Waals surface area contributed by atoms with E-state index in [1.165, 1.54) is 11.1 Å². The van der Waals surface area contributed by atoms with Gasteiger partial charge in [-0.05, 0) is 36.1 Å². The normalized spacial score (nSPS) is 21.4. The maximum Gasteiger partial charge on any atom is 0.231 e. The van der Waals surface area contributed by atoms with Crippen LogP contribution < -0.4 is 15.2 Å². The zero-order valence-corrected chi connectivity index (χ0v) is 19.3. The van der Waals surface area contributed by atoms with Gasteiger partial charge in [0.05, 0.1) is 25.7 Å². The number of carbonyl (C=O) groups excluding carboxylic acids is 1. The third-order valence-electron chi connectivity index (χ3n) is 6.38. The minimum Gasteiger partial charge on any atom is -0.496 e. The Hall–Kier alpha value is -2.28. The van der Waals surface area contributed by atoms with Crippen molar-refractivity contribution >= 4 is 17.5 Å². The van der Waals surface area contributed by atoms with Crippen molar-refractivity contribution in [2.24, 2.45) is 5.73 Å². The summed E-state index contributed by atoms with van der Waals surface area (Å²) in [5.41, 5.74) is 10.2. The Morgan fingerprint density at radius 2 is 2.00 bits per heavy atom. The van der Waals surface area contributed by atoms with Gasteiger partial charge in [-0.1, -0.05) is 43.6 Å². The molecule has 4 rings (SSSR count). The molecular weight excluding hydrogens is 414 g/mol. The van der Waals surface area contributed by atoms with Crippen molar-refractivity contribution in [1.82, 2.24) is 9.80 Å². The topological polar surface area (TPSA) is 68.0 Å². The summed E-state index contributed by atoms with van der Waals surface area (Å²) in [6.07, 6.45) is 0. The molecule has 0 saturated carbocycles. The van der Waals surface area contributed by atoms with E-state index < -0.39 is 0 Å². The van der Waals surface area contributed by atoms with Gasteiger partial charge in [-0.25, -0.2) is 0 Å². The fourth-order valence-corrected chi connectivity index (χ4v) is 5.22. The quantitative estimate of drug-likeness (QED) is 0.756. The number of nitrogens with zero attached hydrogens (tertiary/aromatic N) is 2. The second kappa shape index (κ2) is 8.69. The van der Waals surface area contributed by atoms with Crippen LogP contribution in [0.4, 0.5) is 0 Å². The van der Waals surface area contributed by atoms with E-state index in [0.717, 1.165) is 16.9 Å². The maximum atomic E-state index is 12.0. The third-order valence-corrected chi connectivity index (χ3v) is 6.71. The molecule has 166 valence electrons. The number of hydrogen-bond acceptors (Lipinski definition) is 5. The third kappa shape index (κ3) is 4.00. The lowest BCUT2D eigenvalue weighted by Crippen LogP contribution is -2.54. The first-order valence-corrected chi connectivity index (χ1v) is 11.0. The molecule has 2 aromatic rings. The Morgan fingerprint density at radius 3 is 2.68 bits per heavy atom. The van der Waals surface area contributed by atoms with Crippen LogP contribution in [0.5, 0.6) is 11.5 Å². The molecule has 0 aromatic heterocycles. The molecule has 0 radical (unpaired) electrons. The molecule has 0 bridgehead atoms. The molecule has 7 heteroatoms. The van der Waals surface area contributed by atoms with Crippen LogP contribution >= 0.6 is 11.6 Å². The number of halogens is 1. The first-order valence-electron chi connectivity index (χ1n) is 10.7. The Morgan fingerprint density at radius 1 is 1.23 bits per heavy atom. The minimum absolute atomic E-state index is 0.116. The van der Waals surface area contributed by atoms with Crippen molar-refractivity contribution in [3.05, 3.63) is 57.6 Å². The van der Waals surface area contributed by atoms with Crippen LogP contribution in [0.15, 0.2) is 30.3 Å². The predicted molar refractivity (Wildman–Crippen MR) is 122 cm³/mol. The van der Waals surface area contributed by atoms with Crippen LogP contribution in [-0.4, -0.2) is 49.2 Å². The number of nitrogens with two attached hydrogens (primary N) is 1. The van der Waals surface area contributed by atoms with Gasteiger partial charge in [-0.15, -0.1) is 0 Å². The summed E-state index contributed by atoms with van der Waals surface area (Å²) < 4.78 is 11.9. The SMILES string of the molecule is COc1cccc(Cl)c1C1CN2COc3c(C)ccc(C(C)C)c3C2CN1CC(N)=O. The van der Waals surface area contributed by atoms with Gasteiger partial charge >= 0.3 is 0 Å². The molecule has 0 spiro atoms. The summed E-state index contributed by atoms with van der Waals surface area (Å²) in [4.78, 5) is 16.5. The second-order valence-corrected chi connectivity index (χ2v) is 9.10. The van der Waals surface area contributed by atoms with E-state index in [9.17, 15) is 4.79 Å². The van der Waals surface area contributed by atoms with Gasteiger partial charge in [0, 0.05) is 29.2 Å². The van der Waals surface area contributed by atoms with E-state index in [2.05, 4.69) is 42.7 Å². The number of primary amides is 1. The van der Waals surface area contributed by atoms with E-state index in [4.69, 9.17) is 26.8 Å². The molecule has 1 amide bonds. The molecule has 31 heavy (non-hydrogen) atoms. The first-order chi connectivity index (χ1) is 14.8. The van der Waals surface area contributed by atoms with Crippen LogP contribution in [0, 0.1) is 6.92 Å². The number of ether oxygens (including phenoxy) is 2. The number of benzene rings is 2. The standard InChI is InChI=1S/C24H30ClN3O3/c1-14(2)16-9-8-15(3)24-22(16)18-10-27(12-21(26)29)19(11-28(18)13-31-24)23-17(25)6-5-7-20(23)30-4/h5-9,14,18-19H,10-13H2,1-4H3,(H2,26,29). The van der Waals surface area contributed by atoms with Gasteiger partial charge < -0.3 is 15.2 Å². The lowest BCUT2D eigenvalue weighted by atomic mass is 9.86. The summed E-state index contributed by atoms with van der Waals surface area (Å²) in [5, 5.41) is 0.620. The number of rotatable bonds is 5. The molecule has 2 aromatic carbocycles.